The third kappa shape index (κ3) is 3.90. The van der Waals surface area contributed by atoms with Crippen molar-refractivity contribution in [1.82, 2.24) is 14.8 Å². The summed E-state index contributed by atoms with van der Waals surface area (Å²) in [7, 11) is 0. The number of amides is 5. The summed E-state index contributed by atoms with van der Waals surface area (Å²) in [4.78, 5) is 50.5. The lowest BCUT2D eigenvalue weighted by molar-refractivity contribution is -0.130. The number of hydrogen-bond acceptors (Lipinski definition) is 4. The van der Waals surface area contributed by atoms with Crippen LogP contribution in [0.1, 0.15) is 23.6 Å². The van der Waals surface area contributed by atoms with Crippen molar-refractivity contribution in [3.8, 4) is 0 Å². The molecule has 4 rings (SSSR count). The number of carbonyl (C=O) groups excluding carboxylic acids is 4. The van der Waals surface area contributed by atoms with E-state index in [9.17, 15) is 19.2 Å². The Kier molecular flexibility index (Phi) is 5.59. The Labute approximate surface area is 184 Å². The van der Waals surface area contributed by atoms with E-state index in [-0.39, 0.29) is 18.7 Å². The van der Waals surface area contributed by atoms with E-state index in [1.165, 1.54) is 6.08 Å². The minimum Gasteiger partial charge on any atom is -0.368 e. The summed E-state index contributed by atoms with van der Waals surface area (Å²) < 4.78 is 1.72. The third-order valence-corrected chi connectivity index (χ3v) is 5.39. The van der Waals surface area contributed by atoms with Gasteiger partial charge < -0.3 is 10.3 Å². The Morgan fingerprint density at radius 2 is 1.81 bits per heavy atom. The molecule has 0 radical (unpaired) electrons. The fourth-order valence-corrected chi connectivity index (χ4v) is 3.92. The highest BCUT2D eigenvalue weighted by molar-refractivity contribution is 6.31. The van der Waals surface area contributed by atoms with Crippen LogP contribution in [0.4, 0.5) is 4.79 Å². The van der Waals surface area contributed by atoms with Crippen LogP contribution >= 0.6 is 0 Å². The number of aryl methyl sites for hydroxylation is 1. The van der Waals surface area contributed by atoms with Crippen molar-refractivity contribution in [2.24, 2.45) is 5.73 Å². The van der Waals surface area contributed by atoms with Gasteiger partial charge in [-0.15, -0.1) is 0 Å². The van der Waals surface area contributed by atoms with Crippen molar-refractivity contribution in [3.05, 3.63) is 77.0 Å². The van der Waals surface area contributed by atoms with Crippen molar-refractivity contribution in [2.75, 3.05) is 0 Å². The second kappa shape index (κ2) is 8.50. The fourth-order valence-electron chi connectivity index (χ4n) is 3.92. The first-order chi connectivity index (χ1) is 15.4. The number of nitrogens with one attached hydrogen (secondary N) is 1. The van der Waals surface area contributed by atoms with Gasteiger partial charge in [-0.05, 0) is 23.6 Å². The largest absolute Gasteiger partial charge is 0.368 e. The van der Waals surface area contributed by atoms with Crippen LogP contribution in [-0.2, 0) is 33.9 Å². The molecule has 3 aromatic rings. The normalized spacial score (nSPS) is 15.5. The van der Waals surface area contributed by atoms with Gasteiger partial charge >= 0.3 is 6.03 Å². The van der Waals surface area contributed by atoms with E-state index in [0.29, 0.717) is 5.56 Å². The Bertz CT molecular complexity index is 1270. The summed E-state index contributed by atoms with van der Waals surface area (Å²) in [6.45, 7) is 2.01. The van der Waals surface area contributed by atoms with Gasteiger partial charge in [0, 0.05) is 17.1 Å². The molecule has 1 aromatic heterocycles. The van der Waals surface area contributed by atoms with Gasteiger partial charge in [0.05, 0.1) is 12.1 Å². The number of carbonyl (C=O) groups is 4. The second-order valence-electron chi connectivity index (χ2n) is 7.54. The summed E-state index contributed by atoms with van der Waals surface area (Å²) in [5.41, 5.74) is 8.44. The fraction of sp³-hybridized carbons (Fsp3) is 0.167. The molecule has 32 heavy (non-hydrogen) atoms. The van der Waals surface area contributed by atoms with Crippen LogP contribution in [0, 0.1) is 0 Å². The molecule has 5 amide bonds. The van der Waals surface area contributed by atoms with Crippen molar-refractivity contribution >= 4 is 40.7 Å². The number of rotatable bonds is 6. The number of primary amides is 1. The minimum atomic E-state index is -0.759. The Balaban J connectivity index is 1.78. The predicted molar refractivity (Wildman–Crippen MR) is 119 cm³/mol. The van der Waals surface area contributed by atoms with Gasteiger partial charge in [0.2, 0.25) is 5.91 Å². The second-order valence-corrected chi connectivity index (χ2v) is 7.54. The minimum absolute atomic E-state index is 0.0323. The maximum absolute atomic E-state index is 13.1. The van der Waals surface area contributed by atoms with Crippen LogP contribution in [0.2, 0.25) is 0 Å². The molecule has 0 aliphatic carbocycles. The highest BCUT2D eigenvalue weighted by Crippen LogP contribution is 2.28. The lowest BCUT2D eigenvalue weighted by atomic mass is 10.0. The zero-order valence-corrected chi connectivity index (χ0v) is 17.5. The average Bonchev–Trinajstić information content (AvgIpc) is 3.11. The molecule has 1 aliphatic heterocycles. The van der Waals surface area contributed by atoms with Crippen LogP contribution < -0.4 is 11.1 Å². The van der Waals surface area contributed by atoms with Crippen LogP contribution in [0.15, 0.2) is 60.3 Å². The zero-order valence-electron chi connectivity index (χ0n) is 17.5. The molecule has 3 N–H and O–H groups in total. The van der Waals surface area contributed by atoms with Gasteiger partial charge in [-0.25, -0.2) is 4.79 Å². The highest BCUT2D eigenvalue weighted by atomic mass is 16.2. The number of imide groups is 2. The standard InChI is InChI=1S/C24H22N4O4/c1-2-16-9-6-10-18-17(13-27(21(16)18)14-20(25)29)11-19-22(30)26-24(32)28(23(19)31)12-15-7-4-3-5-8-15/h3-11,13H,2,12,14H2,1H3,(H2,25,29)(H,26,30,32). The van der Waals surface area contributed by atoms with E-state index in [4.69, 9.17) is 5.73 Å². The molecule has 1 fully saturated rings. The molecule has 0 unspecified atom stereocenters. The summed E-state index contributed by atoms with van der Waals surface area (Å²) in [6.07, 6.45) is 3.89. The van der Waals surface area contributed by atoms with Crippen molar-refractivity contribution in [1.29, 1.82) is 0 Å². The number of nitrogens with zero attached hydrogens (tertiary/aromatic N) is 2. The van der Waals surface area contributed by atoms with E-state index in [1.54, 1.807) is 22.9 Å². The first-order valence-electron chi connectivity index (χ1n) is 10.2. The van der Waals surface area contributed by atoms with Crippen LogP contribution in [0.3, 0.4) is 0 Å². The zero-order chi connectivity index (χ0) is 22.8. The topological polar surface area (TPSA) is 114 Å². The van der Waals surface area contributed by atoms with Gasteiger partial charge in [-0.1, -0.05) is 55.5 Å². The number of fused-ring (bicyclic) bond motifs is 1. The lowest BCUT2D eigenvalue weighted by Crippen LogP contribution is -2.53. The molecule has 0 spiro atoms. The smallest absolute Gasteiger partial charge is 0.331 e. The molecule has 2 heterocycles. The molecule has 2 aromatic carbocycles. The quantitative estimate of drug-likeness (QED) is 0.461. The Morgan fingerprint density at radius 3 is 2.50 bits per heavy atom. The first kappa shape index (κ1) is 21.0. The molecule has 0 bridgehead atoms. The van der Waals surface area contributed by atoms with Crippen LogP contribution in [0.5, 0.6) is 0 Å². The number of benzene rings is 2. The van der Waals surface area contributed by atoms with Gasteiger partial charge in [-0.3, -0.25) is 24.6 Å². The monoisotopic (exact) mass is 430 g/mol. The molecular weight excluding hydrogens is 408 g/mol. The lowest BCUT2D eigenvalue weighted by Gasteiger charge is -2.26. The summed E-state index contributed by atoms with van der Waals surface area (Å²) in [5, 5.41) is 3.02. The third-order valence-electron chi connectivity index (χ3n) is 5.39. The molecular formula is C24H22N4O4. The summed E-state index contributed by atoms with van der Waals surface area (Å²) >= 11 is 0. The average molecular weight is 430 g/mol. The summed E-state index contributed by atoms with van der Waals surface area (Å²) in [6, 6.07) is 14.0. The van der Waals surface area contributed by atoms with Gasteiger partial charge in [0.1, 0.15) is 12.1 Å². The first-order valence-corrected chi connectivity index (χ1v) is 10.2. The number of para-hydroxylation sites is 1. The van der Waals surface area contributed by atoms with Crippen LogP contribution in [0.25, 0.3) is 17.0 Å². The Morgan fingerprint density at radius 1 is 1.06 bits per heavy atom. The predicted octanol–water partition coefficient (Wildman–Crippen LogP) is 2.35. The maximum Gasteiger partial charge on any atom is 0.331 e. The number of hydrogen-bond donors (Lipinski definition) is 2. The highest BCUT2D eigenvalue weighted by Gasteiger charge is 2.35. The van der Waals surface area contributed by atoms with E-state index in [2.05, 4.69) is 5.32 Å². The van der Waals surface area contributed by atoms with Gasteiger partial charge in [0.15, 0.2) is 0 Å². The number of aromatic nitrogens is 1. The molecule has 0 saturated carbocycles. The van der Waals surface area contributed by atoms with E-state index in [0.717, 1.165) is 33.4 Å². The van der Waals surface area contributed by atoms with E-state index < -0.39 is 23.8 Å². The SMILES string of the molecule is CCc1cccc2c(C=C3C(=O)NC(=O)N(Cc4ccccc4)C3=O)cn(CC(N)=O)c12. The molecule has 162 valence electrons. The molecule has 1 aliphatic rings. The molecule has 1 saturated heterocycles. The summed E-state index contributed by atoms with van der Waals surface area (Å²) in [5.74, 6) is -1.94. The van der Waals surface area contributed by atoms with E-state index in [1.807, 2.05) is 43.3 Å². The van der Waals surface area contributed by atoms with Gasteiger partial charge in [0.25, 0.3) is 11.8 Å². The molecule has 0 atom stereocenters. The van der Waals surface area contributed by atoms with Crippen LogP contribution in [-0.4, -0.2) is 33.2 Å². The van der Waals surface area contributed by atoms with Gasteiger partial charge in [-0.2, -0.15) is 0 Å². The van der Waals surface area contributed by atoms with Crippen molar-refractivity contribution in [2.45, 2.75) is 26.4 Å². The molecule has 8 nitrogen and oxygen atoms in total. The van der Waals surface area contributed by atoms with Crippen molar-refractivity contribution in [3.63, 3.8) is 0 Å². The van der Waals surface area contributed by atoms with Crippen molar-refractivity contribution < 1.29 is 19.2 Å². The van der Waals surface area contributed by atoms with E-state index >= 15 is 0 Å². The number of barbiturate groups is 1. The molecule has 8 heteroatoms. The number of nitrogens with two attached hydrogens (primary N) is 1. The Hall–Kier alpha value is -4.20. The number of urea groups is 1. The maximum atomic E-state index is 13.1.